The molecule has 0 amide bonds. The van der Waals surface area contributed by atoms with Gasteiger partial charge in [0.25, 0.3) is 0 Å². The first-order chi connectivity index (χ1) is 8.72. The summed E-state index contributed by atoms with van der Waals surface area (Å²) in [5, 5.41) is 3.35. The van der Waals surface area contributed by atoms with Crippen LogP contribution >= 0.6 is 0 Å². The van der Waals surface area contributed by atoms with E-state index >= 15 is 0 Å². The minimum absolute atomic E-state index is 0.281. The number of rotatable bonds is 3. The molecule has 0 saturated carbocycles. The number of hydrogen-bond donors (Lipinski definition) is 1. The van der Waals surface area contributed by atoms with Crippen molar-refractivity contribution in [1.29, 1.82) is 0 Å². The number of nitrogens with one attached hydrogen (secondary N) is 1. The van der Waals surface area contributed by atoms with Gasteiger partial charge in [0.2, 0.25) is 0 Å². The zero-order valence-corrected chi connectivity index (χ0v) is 11.0. The first kappa shape index (κ1) is 13.1. The van der Waals surface area contributed by atoms with Crippen molar-refractivity contribution in [2.45, 2.75) is 13.0 Å². The number of methoxy groups -OCH3 is 1. The van der Waals surface area contributed by atoms with Gasteiger partial charge >= 0.3 is 5.97 Å². The Morgan fingerprint density at radius 3 is 2.44 bits per heavy atom. The van der Waals surface area contributed by atoms with Gasteiger partial charge in [0.05, 0.1) is 12.7 Å². The van der Waals surface area contributed by atoms with Gasteiger partial charge in [0.1, 0.15) is 0 Å². The predicted molar refractivity (Wildman–Crippen MR) is 70.6 cm³/mol. The van der Waals surface area contributed by atoms with Crippen molar-refractivity contribution in [2.24, 2.45) is 0 Å². The molecule has 0 radical (unpaired) electrons. The minimum atomic E-state index is -0.281. The molecule has 1 heterocycles. The van der Waals surface area contributed by atoms with Crippen molar-refractivity contribution >= 4 is 5.97 Å². The van der Waals surface area contributed by atoms with Crippen LogP contribution in [0, 0.1) is 0 Å². The molecule has 4 nitrogen and oxygen atoms in total. The highest BCUT2D eigenvalue weighted by atomic mass is 16.5. The summed E-state index contributed by atoms with van der Waals surface area (Å²) < 4.78 is 4.70. The van der Waals surface area contributed by atoms with E-state index in [1.165, 1.54) is 12.7 Å². The Kier molecular flexibility index (Phi) is 4.33. The van der Waals surface area contributed by atoms with Gasteiger partial charge in [0.15, 0.2) is 0 Å². The summed E-state index contributed by atoms with van der Waals surface area (Å²) in [5.41, 5.74) is 1.85. The van der Waals surface area contributed by atoms with Crippen LogP contribution in [0.2, 0.25) is 0 Å². The molecule has 1 aliphatic rings. The van der Waals surface area contributed by atoms with Gasteiger partial charge in [-0.2, -0.15) is 0 Å². The molecule has 98 valence electrons. The maximum Gasteiger partial charge on any atom is 0.337 e. The molecule has 1 unspecified atom stereocenters. The topological polar surface area (TPSA) is 41.6 Å². The van der Waals surface area contributed by atoms with Crippen molar-refractivity contribution < 1.29 is 9.53 Å². The number of piperazine rings is 1. The second-order valence-electron chi connectivity index (χ2n) is 4.58. The molecule has 1 atom stereocenters. The van der Waals surface area contributed by atoms with Gasteiger partial charge in [-0.1, -0.05) is 12.1 Å². The number of hydrogen-bond acceptors (Lipinski definition) is 4. The molecule has 1 fully saturated rings. The van der Waals surface area contributed by atoms with E-state index in [2.05, 4.69) is 17.1 Å². The monoisotopic (exact) mass is 248 g/mol. The summed E-state index contributed by atoms with van der Waals surface area (Å²) in [7, 11) is 1.40. The molecule has 0 aliphatic carbocycles. The summed E-state index contributed by atoms with van der Waals surface area (Å²) in [5.74, 6) is -0.281. The van der Waals surface area contributed by atoms with Crippen LogP contribution in [-0.4, -0.2) is 44.2 Å². The summed E-state index contributed by atoms with van der Waals surface area (Å²) in [6, 6.07) is 8.08. The number of benzene rings is 1. The Hall–Kier alpha value is -1.39. The molecule has 2 rings (SSSR count). The molecule has 1 aromatic carbocycles. The zero-order chi connectivity index (χ0) is 13.0. The molecule has 4 heteroatoms. The van der Waals surface area contributed by atoms with Gasteiger partial charge in [-0.15, -0.1) is 0 Å². The number of ether oxygens (including phenoxy) is 1. The summed E-state index contributed by atoms with van der Waals surface area (Å²) in [6.45, 7) is 6.44. The number of nitrogens with zero attached hydrogens (tertiary/aromatic N) is 1. The van der Waals surface area contributed by atoms with Crippen molar-refractivity contribution in [3.8, 4) is 0 Å². The van der Waals surface area contributed by atoms with Gasteiger partial charge in [-0.05, 0) is 24.6 Å². The van der Waals surface area contributed by atoms with E-state index in [-0.39, 0.29) is 5.97 Å². The van der Waals surface area contributed by atoms with Crippen LogP contribution in [0.4, 0.5) is 0 Å². The SMILES string of the molecule is COC(=O)c1ccc(C(C)N2CCNCC2)cc1. The van der Waals surface area contributed by atoms with Crippen molar-refractivity contribution in [1.82, 2.24) is 10.2 Å². The zero-order valence-electron chi connectivity index (χ0n) is 11.0. The lowest BCUT2D eigenvalue weighted by Gasteiger charge is -2.33. The van der Waals surface area contributed by atoms with Crippen LogP contribution in [0.5, 0.6) is 0 Å². The van der Waals surface area contributed by atoms with Crippen molar-refractivity contribution in [3.63, 3.8) is 0 Å². The van der Waals surface area contributed by atoms with Crippen LogP contribution in [-0.2, 0) is 4.74 Å². The van der Waals surface area contributed by atoms with E-state index in [0.29, 0.717) is 11.6 Å². The summed E-state index contributed by atoms with van der Waals surface area (Å²) in [4.78, 5) is 13.8. The van der Waals surface area contributed by atoms with Crippen LogP contribution in [0.1, 0.15) is 28.9 Å². The normalized spacial score (nSPS) is 18.3. The molecule has 0 aromatic heterocycles. The number of esters is 1. The van der Waals surface area contributed by atoms with Gasteiger partial charge < -0.3 is 10.1 Å². The fourth-order valence-electron chi connectivity index (χ4n) is 2.30. The Morgan fingerprint density at radius 2 is 1.89 bits per heavy atom. The maximum absolute atomic E-state index is 11.4. The standard InChI is InChI=1S/C14H20N2O2/c1-11(16-9-7-15-8-10-16)12-3-5-13(6-4-12)14(17)18-2/h3-6,11,15H,7-10H2,1-2H3. The van der Waals surface area contributed by atoms with E-state index in [4.69, 9.17) is 4.74 Å². The highest BCUT2D eigenvalue weighted by Crippen LogP contribution is 2.20. The first-order valence-electron chi connectivity index (χ1n) is 6.35. The van der Waals surface area contributed by atoms with E-state index < -0.39 is 0 Å². The lowest BCUT2D eigenvalue weighted by molar-refractivity contribution is 0.0600. The second kappa shape index (κ2) is 5.98. The van der Waals surface area contributed by atoms with E-state index in [1.54, 1.807) is 0 Å². The van der Waals surface area contributed by atoms with Crippen LogP contribution in [0.25, 0.3) is 0 Å². The Labute approximate surface area is 108 Å². The lowest BCUT2D eigenvalue weighted by atomic mass is 10.0. The number of carbonyl (C=O) groups excluding carboxylic acids is 1. The molecular formula is C14H20N2O2. The molecule has 1 aliphatic heterocycles. The molecule has 1 N–H and O–H groups in total. The summed E-state index contributed by atoms with van der Waals surface area (Å²) >= 11 is 0. The fourth-order valence-corrected chi connectivity index (χ4v) is 2.30. The molecule has 1 aromatic rings. The van der Waals surface area contributed by atoms with Gasteiger partial charge in [-0.3, -0.25) is 4.90 Å². The van der Waals surface area contributed by atoms with Gasteiger partial charge in [-0.25, -0.2) is 4.79 Å². The van der Waals surface area contributed by atoms with E-state index in [1.807, 2.05) is 24.3 Å². The third kappa shape index (κ3) is 2.89. The minimum Gasteiger partial charge on any atom is -0.465 e. The maximum atomic E-state index is 11.4. The highest BCUT2D eigenvalue weighted by molar-refractivity contribution is 5.89. The molecule has 1 saturated heterocycles. The Morgan fingerprint density at radius 1 is 1.28 bits per heavy atom. The van der Waals surface area contributed by atoms with Gasteiger partial charge in [0, 0.05) is 32.2 Å². The molecule has 18 heavy (non-hydrogen) atoms. The van der Waals surface area contributed by atoms with Crippen LogP contribution in [0.3, 0.4) is 0 Å². The molecular weight excluding hydrogens is 228 g/mol. The van der Waals surface area contributed by atoms with Crippen LogP contribution < -0.4 is 5.32 Å². The Balaban J connectivity index is 2.06. The second-order valence-corrected chi connectivity index (χ2v) is 4.58. The number of carbonyl (C=O) groups is 1. The molecule has 0 bridgehead atoms. The Bertz CT molecular complexity index is 397. The smallest absolute Gasteiger partial charge is 0.337 e. The first-order valence-corrected chi connectivity index (χ1v) is 6.35. The van der Waals surface area contributed by atoms with E-state index in [9.17, 15) is 4.79 Å². The fraction of sp³-hybridized carbons (Fsp3) is 0.500. The quantitative estimate of drug-likeness (QED) is 0.822. The lowest BCUT2D eigenvalue weighted by Crippen LogP contribution is -2.44. The van der Waals surface area contributed by atoms with Crippen molar-refractivity contribution in [3.05, 3.63) is 35.4 Å². The largest absolute Gasteiger partial charge is 0.465 e. The third-order valence-electron chi connectivity index (χ3n) is 3.51. The average Bonchev–Trinajstić information content (AvgIpc) is 2.47. The highest BCUT2D eigenvalue weighted by Gasteiger charge is 2.18. The summed E-state index contributed by atoms with van der Waals surface area (Å²) in [6.07, 6.45) is 0. The third-order valence-corrected chi connectivity index (χ3v) is 3.51. The van der Waals surface area contributed by atoms with Crippen molar-refractivity contribution in [2.75, 3.05) is 33.3 Å². The molecule has 0 spiro atoms. The van der Waals surface area contributed by atoms with E-state index in [0.717, 1.165) is 26.2 Å². The predicted octanol–water partition coefficient (Wildman–Crippen LogP) is 1.44. The van der Waals surface area contributed by atoms with Crippen LogP contribution in [0.15, 0.2) is 24.3 Å². The average molecular weight is 248 g/mol.